The van der Waals surface area contributed by atoms with Gasteiger partial charge in [0.1, 0.15) is 0 Å². The van der Waals surface area contributed by atoms with E-state index < -0.39 is 9.84 Å². The van der Waals surface area contributed by atoms with E-state index in [0.717, 1.165) is 37.9 Å². The Morgan fingerprint density at radius 3 is 2.71 bits per heavy atom. The lowest BCUT2D eigenvalue weighted by Gasteiger charge is -2.35. The molecule has 2 heterocycles. The van der Waals surface area contributed by atoms with Gasteiger partial charge in [-0.1, -0.05) is 43.7 Å². The fraction of sp³-hybridized carbons (Fsp3) is 0.571. The molecule has 1 aromatic carbocycles. The van der Waals surface area contributed by atoms with Crippen molar-refractivity contribution in [3.63, 3.8) is 0 Å². The number of benzene rings is 1. The number of piperidine rings is 1. The number of hydrogen-bond acceptors (Lipinski definition) is 5. The van der Waals surface area contributed by atoms with Crippen LogP contribution in [0.1, 0.15) is 43.9 Å². The van der Waals surface area contributed by atoms with Gasteiger partial charge in [-0.3, -0.25) is 4.90 Å². The number of hydrogen-bond donors (Lipinski definition) is 1. The normalized spacial score (nSPS) is 18.4. The van der Waals surface area contributed by atoms with Gasteiger partial charge in [-0.25, -0.2) is 13.4 Å². The average molecular weight is 406 g/mol. The molecule has 0 radical (unpaired) electrons. The third-order valence-electron chi connectivity index (χ3n) is 5.60. The van der Waals surface area contributed by atoms with Crippen LogP contribution in [0, 0.1) is 0 Å². The van der Waals surface area contributed by atoms with Crippen molar-refractivity contribution in [3.8, 4) is 0 Å². The maximum atomic E-state index is 12.6. The molecule has 0 saturated carbocycles. The minimum absolute atomic E-state index is 0.0473. The van der Waals surface area contributed by atoms with Gasteiger partial charge >= 0.3 is 0 Å². The molecule has 1 unspecified atom stereocenters. The van der Waals surface area contributed by atoms with Crippen molar-refractivity contribution in [2.24, 2.45) is 0 Å². The van der Waals surface area contributed by atoms with Crippen molar-refractivity contribution in [3.05, 3.63) is 47.8 Å². The van der Waals surface area contributed by atoms with E-state index in [1.165, 1.54) is 12.0 Å². The Bertz CT molecular complexity index is 847. The van der Waals surface area contributed by atoms with Crippen molar-refractivity contribution < 1.29 is 13.5 Å². The predicted molar refractivity (Wildman–Crippen MR) is 110 cm³/mol. The Morgan fingerprint density at radius 1 is 1.21 bits per heavy atom. The number of aliphatic hydroxyl groups excluding tert-OH is 1. The molecule has 1 aliphatic heterocycles. The van der Waals surface area contributed by atoms with Gasteiger partial charge in [0.2, 0.25) is 15.0 Å². The SMILES string of the molecule is CCS(=O)(=O)c1ncc(CN2CCCCC2CCO)n1CCc1ccccc1. The van der Waals surface area contributed by atoms with Crippen LogP contribution in [-0.2, 0) is 29.3 Å². The lowest BCUT2D eigenvalue weighted by molar-refractivity contribution is 0.109. The van der Waals surface area contributed by atoms with E-state index in [9.17, 15) is 13.5 Å². The van der Waals surface area contributed by atoms with Crippen LogP contribution in [0.5, 0.6) is 0 Å². The predicted octanol–water partition coefficient (Wildman–Crippen LogP) is 2.66. The highest BCUT2D eigenvalue weighted by molar-refractivity contribution is 7.91. The van der Waals surface area contributed by atoms with E-state index in [2.05, 4.69) is 22.0 Å². The van der Waals surface area contributed by atoms with Gasteiger partial charge in [-0.05, 0) is 37.8 Å². The minimum Gasteiger partial charge on any atom is -0.396 e. The van der Waals surface area contributed by atoms with Crippen molar-refractivity contribution in [2.75, 3.05) is 18.9 Å². The molecule has 0 bridgehead atoms. The second kappa shape index (κ2) is 9.67. The molecule has 0 aliphatic carbocycles. The van der Waals surface area contributed by atoms with Gasteiger partial charge in [0.15, 0.2) is 0 Å². The zero-order valence-corrected chi connectivity index (χ0v) is 17.4. The third-order valence-corrected chi connectivity index (χ3v) is 7.25. The average Bonchev–Trinajstić information content (AvgIpc) is 3.12. The maximum Gasteiger partial charge on any atom is 0.227 e. The summed E-state index contributed by atoms with van der Waals surface area (Å²) in [6, 6.07) is 10.5. The minimum atomic E-state index is -3.38. The molecule has 28 heavy (non-hydrogen) atoms. The number of nitrogens with zero attached hydrogens (tertiary/aromatic N) is 3. The topological polar surface area (TPSA) is 75.4 Å². The Kier molecular flexibility index (Phi) is 7.26. The highest BCUT2D eigenvalue weighted by Gasteiger charge is 2.26. The van der Waals surface area contributed by atoms with Crippen molar-refractivity contribution in [1.29, 1.82) is 0 Å². The van der Waals surface area contributed by atoms with Gasteiger partial charge in [0.25, 0.3) is 0 Å². The first-order valence-corrected chi connectivity index (χ1v) is 11.9. The van der Waals surface area contributed by atoms with Crippen LogP contribution >= 0.6 is 0 Å². The largest absolute Gasteiger partial charge is 0.396 e. The van der Waals surface area contributed by atoms with Crippen LogP contribution in [0.3, 0.4) is 0 Å². The maximum absolute atomic E-state index is 12.6. The molecule has 1 N–H and O–H groups in total. The van der Waals surface area contributed by atoms with Gasteiger partial charge in [0, 0.05) is 25.7 Å². The van der Waals surface area contributed by atoms with E-state index in [4.69, 9.17) is 0 Å². The molecule has 6 nitrogen and oxygen atoms in total. The summed E-state index contributed by atoms with van der Waals surface area (Å²) in [6.45, 7) is 4.08. The summed E-state index contributed by atoms with van der Waals surface area (Å²) < 4.78 is 27.0. The van der Waals surface area contributed by atoms with Gasteiger partial charge < -0.3 is 9.67 Å². The Labute approximate surface area is 168 Å². The summed E-state index contributed by atoms with van der Waals surface area (Å²) >= 11 is 0. The number of sulfone groups is 1. The summed E-state index contributed by atoms with van der Waals surface area (Å²) in [5.74, 6) is 0.0473. The standard InChI is InChI=1S/C21H31N3O3S/c1-2-28(26,27)21-22-16-20(17-23-13-7-6-10-19(23)12-15-25)24(21)14-11-18-8-4-3-5-9-18/h3-5,8-9,16,19,25H,2,6-7,10-15,17H2,1H3. The van der Waals surface area contributed by atoms with Crippen LogP contribution in [0.2, 0.25) is 0 Å². The molecular weight excluding hydrogens is 374 g/mol. The number of likely N-dealkylation sites (tertiary alicyclic amines) is 1. The van der Waals surface area contributed by atoms with Crippen LogP contribution < -0.4 is 0 Å². The third kappa shape index (κ3) is 5.01. The monoisotopic (exact) mass is 405 g/mol. The molecule has 1 saturated heterocycles. The zero-order chi connectivity index (χ0) is 20.0. The van der Waals surface area contributed by atoms with Gasteiger partial charge in [-0.2, -0.15) is 0 Å². The Morgan fingerprint density at radius 2 is 2.00 bits per heavy atom. The van der Waals surface area contributed by atoms with Gasteiger partial charge in [-0.15, -0.1) is 0 Å². The first-order valence-electron chi connectivity index (χ1n) is 10.2. The molecule has 3 rings (SSSR count). The summed E-state index contributed by atoms with van der Waals surface area (Å²) in [5, 5.41) is 9.56. The Balaban J connectivity index is 1.85. The van der Waals surface area contributed by atoms with E-state index in [0.29, 0.717) is 19.1 Å². The van der Waals surface area contributed by atoms with E-state index in [-0.39, 0.29) is 17.5 Å². The van der Waals surface area contributed by atoms with E-state index >= 15 is 0 Å². The highest BCUT2D eigenvalue weighted by Crippen LogP contribution is 2.23. The molecule has 1 aliphatic rings. The first kappa shape index (κ1) is 21.0. The number of rotatable bonds is 9. The van der Waals surface area contributed by atoms with Crippen molar-refractivity contribution in [1.82, 2.24) is 14.5 Å². The number of aromatic nitrogens is 2. The van der Waals surface area contributed by atoms with Crippen LogP contribution in [0.25, 0.3) is 0 Å². The quantitative estimate of drug-likeness (QED) is 0.694. The first-order chi connectivity index (χ1) is 13.5. The van der Waals surface area contributed by atoms with Crippen molar-refractivity contribution in [2.45, 2.75) is 63.3 Å². The molecule has 154 valence electrons. The molecular formula is C21H31N3O3S. The molecule has 1 fully saturated rings. The van der Waals surface area contributed by atoms with Crippen molar-refractivity contribution >= 4 is 9.84 Å². The lowest BCUT2D eigenvalue weighted by atomic mass is 9.99. The molecule has 1 atom stereocenters. The molecule has 2 aromatic rings. The molecule has 1 aromatic heterocycles. The smallest absolute Gasteiger partial charge is 0.227 e. The summed E-state index contributed by atoms with van der Waals surface area (Å²) in [7, 11) is -3.38. The highest BCUT2D eigenvalue weighted by atomic mass is 32.2. The van der Waals surface area contributed by atoms with Crippen LogP contribution in [-0.4, -0.2) is 52.9 Å². The Hall–Kier alpha value is -1.70. The number of imidazole rings is 1. The second-order valence-electron chi connectivity index (χ2n) is 7.46. The zero-order valence-electron chi connectivity index (χ0n) is 16.6. The van der Waals surface area contributed by atoms with E-state index in [1.807, 2.05) is 22.8 Å². The summed E-state index contributed by atoms with van der Waals surface area (Å²) in [5.41, 5.74) is 2.12. The fourth-order valence-electron chi connectivity index (χ4n) is 3.97. The lowest BCUT2D eigenvalue weighted by Crippen LogP contribution is -2.40. The van der Waals surface area contributed by atoms with E-state index in [1.54, 1.807) is 13.1 Å². The second-order valence-corrected chi connectivity index (χ2v) is 9.63. The van der Waals surface area contributed by atoms with Gasteiger partial charge in [0.05, 0.1) is 17.6 Å². The summed E-state index contributed by atoms with van der Waals surface area (Å²) in [6.07, 6.45) is 6.65. The van der Waals surface area contributed by atoms with Crippen LogP contribution in [0.15, 0.2) is 41.7 Å². The molecule has 0 spiro atoms. The number of aliphatic hydroxyl groups is 1. The molecule has 7 heteroatoms. The fourth-order valence-corrected chi connectivity index (χ4v) is 4.99. The number of aryl methyl sites for hydroxylation is 1. The molecule has 0 amide bonds. The van der Waals surface area contributed by atoms with Crippen LogP contribution in [0.4, 0.5) is 0 Å². The summed E-state index contributed by atoms with van der Waals surface area (Å²) in [4.78, 5) is 6.68.